The van der Waals surface area contributed by atoms with Gasteiger partial charge in [-0.25, -0.2) is 4.98 Å². The zero-order valence-corrected chi connectivity index (χ0v) is 13.3. The first-order valence-corrected chi connectivity index (χ1v) is 7.61. The molecule has 3 aromatic rings. The molecule has 0 fully saturated rings. The van der Waals surface area contributed by atoms with Crippen LogP contribution in [0.5, 0.6) is 0 Å². The summed E-state index contributed by atoms with van der Waals surface area (Å²) >= 11 is 10.1. The van der Waals surface area contributed by atoms with E-state index in [2.05, 4.69) is 27.8 Å². The summed E-state index contributed by atoms with van der Waals surface area (Å²) in [4.78, 5) is 4.47. The molecule has 0 saturated carbocycles. The molecule has 4 heteroatoms. The number of benzene rings is 2. The number of aromatic nitrogens is 1. The number of hydrogen-bond donors (Lipinski definition) is 0. The van der Waals surface area contributed by atoms with Gasteiger partial charge in [-0.1, -0.05) is 40.2 Å². The molecule has 0 aliphatic carbocycles. The standard InChI is InChI=1S/C16H13BrClNO/c1-10-11(5-4-6-12(10)17)13(18)9-16-19-14-7-2-3-8-15(14)20-16/h2-8,13H,9H2,1H3. The van der Waals surface area contributed by atoms with Crippen molar-refractivity contribution in [2.45, 2.75) is 18.7 Å². The Hall–Kier alpha value is -1.32. The smallest absolute Gasteiger partial charge is 0.197 e. The molecule has 1 unspecified atom stereocenters. The Labute approximate surface area is 130 Å². The highest BCUT2D eigenvalue weighted by atomic mass is 79.9. The second-order valence-corrected chi connectivity index (χ2v) is 6.08. The van der Waals surface area contributed by atoms with E-state index in [1.54, 1.807) is 0 Å². The predicted octanol–water partition coefficient (Wildman–Crippen LogP) is 5.42. The van der Waals surface area contributed by atoms with Gasteiger partial charge in [-0.2, -0.15) is 0 Å². The van der Waals surface area contributed by atoms with Gasteiger partial charge in [0.1, 0.15) is 5.52 Å². The highest BCUT2D eigenvalue weighted by Crippen LogP contribution is 2.31. The minimum Gasteiger partial charge on any atom is -0.441 e. The van der Waals surface area contributed by atoms with Crippen molar-refractivity contribution in [1.82, 2.24) is 4.98 Å². The maximum Gasteiger partial charge on any atom is 0.197 e. The summed E-state index contributed by atoms with van der Waals surface area (Å²) < 4.78 is 6.79. The quantitative estimate of drug-likeness (QED) is 0.589. The summed E-state index contributed by atoms with van der Waals surface area (Å²) in [6.45, 7) is 2.06. The van der Waals surface area contributed by atoms with Crippen LogP contribution in [-0.4, -0.2) is 4.98 Å². The van der Waals surface area contributed by atoms with Crippen LogP contribution in [0.1, 0.15) is 22.4 Å². The third-order valence-corrected chi connectivity index (χ3v) is 4.59. The van der Waals surface area contributed by atoms with E-state index < -0.39 is 0 Å². The molecule has 0 saturated heterocycles. The van der Waals surface area contributed by atoms with Gasteiger partial charge in [-0.3, -0.25) is 0 Å². The maximum absolute atomic E-state index is 6.52. The Bertz CT molecular complexity index is 720. The Morgan fingerprint density at radius 2 is 2.00 bits per heavy atom. The fourth-order valence-corrected chi connectivity index (χ4v) is 2.98. The maximum atomic E-state index is 6.52. The molecule has 20 heavy (non-hydrogen) atoms. The lowest BCUT2D eigenvalue weighted by Gasteiger charge is -2.12. The number of nitrogens with zero attached hydrogens (tertiary/aromatic N) is 1. The topological polar surface area (TPSA) is 26.0 Å². The predicted molar refractivity (Wildman–Crippen MR) is 85.2 cm³/mol. The van der Waals surface area contributed by atoms with Gasteiger partial charge in [0, 0.05) is 10.9 Å². The van der Waals surface area contributed by atoms with Crippen LogP contribution in [0.3, 0.4) is 0 Å². The first-order chi connectivity index (χ1) is 9.65. The number of rotatable bonds is 3. The Kier molecular flexibility index (Phi) is 3.81. The monoisotopic (exact) mass is 349 g/mol. The van der Waals surface area contributed by atoms with Gasteiger partial charge < -0.3 is 4.42 Å². The SMILES string of the molecule is Cc1c(Br)cccc1C(Cl)Cc1nc2ccccc2o1. The van der Waals surface area contributed by atoms with Crippen molar-refractivity contribution < 1.29 is 4.42 Å². The van der Waals surface area contributed by atoms with Crippen LogP contribution < -0.4 is 0 Å². The lowest BCUT2D eigenvalue weighted by atomic mass is 10.0. The zero-order valence-electron chi connectivity index (χ0n) is 10.9. The second kappa shape index (κ2) is 5.58. The molecule has 2 nitrogen and oxygen atoms in total. The summed E-state index contributed by atoms with van der Waals surface area (Å²) in [6, 6.07) is 13.8. The van der Waals surface area contributed by atoms with E-state index in [9.17, 15) is 0 Å². The van der Waals surface area contributed by atoms with E-state index in [-0.39, 0.29) is 5.38 Å². The summed E-state index contributed by atoms with van der Waals surface area (Å²) in [7, 11) is 0. The highest BCUT2D eigenvalue weighted by molar-refractivity contribution is 9.10. The van der Waals surface area contributed by atoms with Gasteiger partial charge >= 0.3 is 0 Å². The van der Waals surface area contributed by atoms with Crippen LogP contribution >= 0.6 is 27.5 Å². The van der Waals surface area contributed by atoms with E-state index in [0.717, 1.165) is 26.7 Å². The Balaban J connectivity index is 1.88. The largest absolute Gasteiger partial charge is 0.441 e. The van der Waals surface area contributed by atoms with Gasteiger partial charge in [0.05, 0.1) is 5.38 Å². The van der Waals surface area contributed by atoms with Crippen LogP contribution in [0.4, 0.5) is 0 Å². The molecule has 1 atom stereocenters. The molecule has 0 radical (unpaired) electrons. The van der Waals surface area contributed by atoms with E-state index >= 15 is 0 Å². The summed E-state index contributed by atoms with van der Waals surface area (Å²) in [5.41, 5.74) is 3.93. The lowest BCUT2D eigenvalue weighted by molar-refractivity contribution is 0.524. The van der Waals surface area contributed by atoms with Crippen LogP contribution in [0.25, 0.3) is 11.1 Å². The van der Waals surface area contributed by atoms with Crippen molar-refractivity contribution in [3.05, 3.63) is 64.0 Å². The van der Waals surface area contributed by atoms with Crippen molar-refractivity contribution in [3.8, 4) is 0 Å². The Morgan fingerprint density at radius 1 is 1.20 bits per heavy atom. The number of para-hydroxylation sites is 2. The van der Waals surface area contributed by atoms with Crippen LogP contribution in [-0.2, 0) is 6.42 Å². The van der Waals surface area contributed by atoms with Crippen molar-refractivity contribution in [2.75, 3.05) is 0 Å². The van der Waals surface area contributed by atoms with Crippen molar-refractivity contribution in [3.63, 3.8) is 0 Å². The van der Waals surface area contributed by atoms with Crippen molar-refractivity contribution in [1.29, 1.82) is 0 Å². The summed E-state index contributed by atoms with van der Waals surface area (Å²) in [5.74, 6) is 0.672. The molecule has 0 bridgehead atoms. The highest BCUT2D eigenvalue weighted by Gasteiger charge is 2.16. The zero-order chi connectivity index (χ0) is 14.1. The summed E-state index contributed by atoms with van der Waals surface area (Å²) in [5, 5.41) is -0.152. The molecule has 0 spiro atoms. The molecule has 0 N–H and O–H groups in total. The molecule has 1 aromatic heterocycles. The molecular weight excluding hydrogens is 338 g/mol. The van der Waals surface area contributed by atoms with E-state index in [1.807, 2.05) is 42.5 Å². The second-order valence-electron chi connectivity index (χ2n) is 4.70. The average Bonchev–Trinajstić information content (AvgIpc) is 2.83. The average molecular weight is 351 g/mol. The van der Waals surface area contributed by atoms with Gasteiger partial charge in [-0.15, -0.1) is 11.6 Å². The number of hydrogen-bond acceptors (Lipinski definition) is 2. The summed E-state index contributed by atoms with van der Waals surface area (Å²) in [6.07, 6.45) is 0.577. The van der Waals surface area contributed by atoms with Crippen molar-refractivity contribution in [2.24, 2.45) is 0 Å². The molecule has 0 aliphatic heterocycles. The molecule has 0 aliphatic rings. The van der Waals surface area contributed by atoms with E-state index in [0.29, 0.717) is 12.3 Å². The van der Waals surface area contributed by atoms with Crippen molar-refractivity contribution >= 4 is 38.6 Å². The van der Waals surface area contributed by atoms with E-state index in [1.165, 1.54) is 0 Å². The van der Waals surface area contributed by atoms with Crippen LogP contribution in [0.2, 0.25) is 0 Å². The molecule has 3 rings (SSSR count). The molecule has 2 aromatic carbocycles. The first kappa shape index (κ1) is 13.7. The third-order valence-electron chi connectivity index (χ3n) is 3.34. The van der Waals surface area contributed by atoms with Crippen LogP contribution in [0, 0.1) is 6.92 Å². The molecular formula is C16H13BrClNO. The van der Waals surface area contributed by atoms with Gasteiger partial charge in [-0.05, 0) is 36.2 Å². The van der Waals surface area contributed by atoms with Gasteiger partial charge in [0.15, 0.2) is 11.5 Å². The minimum absolute atomic E-state index is 0.152. The number of oxazole rings is 1. The fourth-order valence-electron chi connectivity index (χ4n) is 2.23. The Morgan fingerprint density at radius 3 is 2.80 bits per heavy atom. The molecule has 1 heterocycles. The minimum atomic E-state index is -0.152. The normalized spacial score (nSPS) is 12.8. The van der Waals surface area contributed by atoms with E-state index in [4.69, 9.17) is 16.0 Å². The van der Waals surface area contributed by atoms with Gasteiger partial charge in [0.25, 0.3) is 0 Å². The number of fused-ring (bicyclic) bond motifs is 1. The van der Waals surface area contributed by atoms with Gasteiger partial charge in [0.2, 0.25) is 0 Å². The molecule has 102 valence electrons. The number of halogens is 2. The first-order valence-electron chi connectivity index (χ1n) is 6.38. The fraction of sp³-hybridized carbons (Fsp3) is 0.188. The number of alkyl halides is 1. The molecule has 0 amide bonds. The lowest BCUT2D eigenvalue weighted by Crippen LogP contribution is -1.99. The van der Waals surface area contributed by atoms with Crippen LogP contribution in [0.15, 0.2) is 51.4 Å². The third kappa shape index (κ3) is 2.60.